The second-order valence-electron chi connectivity index (χ2n) is 5.23. The van der Waals surface area contributed by atoms with E-state index < -0.39 is 12.0 Å². The molecular formula is C16H21NO4S. The number of carbonyl (C=O) groups is 2. The number of hydrogen-bond acceptors (Lipinski definition) is 4. The van der Waals surface area contributed by atoms with Crippen molar-refractivity contribution in [1.29, 1.82) is 0 Å². The highest BCUT2D eigenvalue weighted by Gasteiger charge is 2.33. The lowest BCUT2D eigenvalue weighted by molar-refractivity contribution is -0.148. The number of carboxylic acid groups (broad SMARTS) is 1. The van der Waals surface area contributed by atoms with E-state index in [0.29, 0.717) is 25.1 Å². The maximum Gasteiger partial charge on any atom is 0.326 e. The third kappa shape index (κ3) is 4.40. The van der Waals surface area contributed by atoms with Gasteiger partial charge >= 0.3 is 5.97 Å². The Morgan fingerprint density at radius 1 is 1.36 bits per heavy atom. The Morgan fingerprint density at radius 3 is 2.73 bits per heavy atom. The van der Waals surface area contributed by atoms with Gasteiger partial charge in [-0.05, 0) is 30.5 Å². The van der Waals surface area contributed by atoms with Crippen molar-refractivity contribution in [3.8, 4) is 5.75 Å². The number of methoxy groups -OCH3 is 1. The van der Waals surface area contributed by atoms with Crippen molar-refractivity contribution in [2.45, 2.75) is 31.1 Å². The Balaban J connectivity index is 1.71. The van der Waals surface area contributed by atoms with Gasteiger partial charge in [-0.1, -0.05) is 12.1 Å². The third-order valence-electron chi connectivity index (χ3n) is 3.75. The number of amides is 1. The Bertz CT molecular complexity index is 517. The summed E-state index contributed by atoms with van der Waals surface area (Å²) in [5.41, 5.74) is 1.18. The maximum absolute atomic E-state index is 12.1. The number of benzene rings is 1. The van der Waals surface area contributed by atoms with E-state index >= 15 is 0 Å². The molecule has 1 atom stereocenters. The number of likely N-dealkylation sites (tertiary alicyclic amines) is 1. The second-order valence-corrected chi connectivity index (χ2v) is 6.34. The van der Waals surface area contributed by atoms with Crippen LogP contribution in [0.15, 0.2) is 24.3 Å². The largest absolute Gasteiger partial charge is 0.497 e. The minimum atomic E-state index is -0.892. The summed E-state index contributed by atoms with van der Waals surface area (Å²) < 4.78 is 5.11. The molecule has 120 valence electrons. The quantitative estimate of drug-likeness (QED) is 0.781. The van der Waals surface area contributed by atoms with Gasteiger partial charge in [0.05, 0.1) is 7.11 Å². The first kappa shape index (κ1) is 16.7. The van der Waals surface area contributed by atoms with Crippen molar-refractivity contribution < 1.29 is 19.4 Å². The first-order chi connectivity index (χ1) is 10.6. The van der Waals surface area contributed by atoms with Crippen LogP contribution in [0.1, 0.15) is 24.8 Å². The number of carboxylic acids is 1. The van der Waals surface area contributed by atoms with E-state index in [0.717, 1.165) is 17.9 Å². The van der Waals surface area contributed by atoms with Gasteiger partial charge in [0.1, 0.15) is 11.8 Å². The van der Waals surface area contributed by atoms with E-state index in [2.05, 4.69) is 0 Å². The molecule has 0 bridgehead atoms. The van der Waals surface area contributed by atoms with E-state index in [1.807, 2.05) is 24.3 Å². The summed E-state index contributed by atoms with van der Waals surface area (Å²) in [6, 6.07) is 7.23. The van der Waals surface area contributed by atoms with Crippen LogP contribution in [0.3, 0.4) is 0 Å². The highest BCUT2D eigenvalue weighted by molar-refractivity contribution is 7.98. The summed E-state index contributed by atoms with van der Waals surface area (Å²) in [5, 5.41) is 9.09. The molecule has 1 aromatic rings. The fraction of sp³-hybridized carbons (Fsp3) is 0.500. The van der Waals surface area contributed by atoms with Crippen molar-refractivity contribution in [2.75, 3.05) is 19.4 Å². The monoisotopic (exact) mass is 323 g/mol. The molecule has 0 unspecified atom stereocenters. The summed E-state index contributed by atoms with van der Waals surface area (Å²) in [5.74, 6) is 1.43. The molecule has 5 nitrogen and oxygen atoms in total. The van der Waals surface area contributed by atoms with Gasteiger partial charge in [-0.2, -0.15) is 11.8 Å². The molecule has 0 aliphatic carbocycles. The Hall–Kier alpha value is -1.69. The number of carbonyl (C=O) groups excluding carboxylic acids is 1. The van der Waals surface area contributed by atoms with Gasteiger partial charge in [-0.3, -0.25) is 4.79 Å². The van der Waals surface area contributed by atoms with E-state index in [1.54, 1.807) is 18.9 Å². The van der Waals surface area contributed by atoms with E-state index in [-0.39, 0.29) is 5.91 Å². The van der Waals surface area contributed by atoms with Crippen LogP contribution < -0.4 is 4.74 Å². The SMILES string of the molecule is COc1ccc(CSCCC(=O)N2CCC[C@H]2C(=O)O)cc1. The third-order valence-corrected chi connectivity index (χ3v) is 4.78. The fourth-order valence-electron chi connectivity index (χ4n) is 2.54. The number of thioether (sulfide) groups is 1. The predicted molar refractivity (Wildman–Crippen MR) is 86.1 cm³/mol. The molecular weight excluding hydrogens is 302 g/mol. The molecule has 1 saturated heterocycles. The van der Waals surface area contributed by atoms with Gasteiger partial charge in [-0.15, -0.1) is 0 Å². The van der Waals surface area contributed by atoms with Gasteiger partial charge in [-0.25, -0.2) is 4.79 Å². The van der Waals surface area contributed by atoms with Crippen LogP contribution in [0, 0.1) is 0 Å². The first-order valence-corrected chi connectivity index (χ1v) is 8.50. The van der Waals surface area contributed by atoms with Crippen molar-refractivity contribution in [3.63, 3.8) is 0 Å². The topological polar surface area (TPSA) is 66.8 Å². The molecule has 1 fully saturated rings. The summed E-state index contributed by atoms with van der Waals surface area (Å²) >= 11 is 1.68. The molecule has 0 radical (unpaired) electrons. The Kier molecular flexibility index (Phi) is 6.12. The van der Waals surface area contributed by atoms with Crippen LogP contribution >= 0.6 is 11.8 Å². The van der Waals surface area contributed by atoms with Gasteiger partial charge < -0.3 is 14.7 Å². The lowest BCUT2D eigenvalue weighted by Gasteiger charge is -2.21. The van der Waals surface area contributed by atoms with Crippen molar-refractivity contribution in [1.82, 2.24) is 4.90 Å². The van der Waals surface area contributed by atoms with E-state index in [9.17, 15) is 9.59 Å². The summed E-state index contributed by atoms with van der Waals surface area (Å²) in [7, 11) is 1.64. The minimum Gasteiger partial charge on any atom is -0.497 e. The van der Waals surface area contributed by atoms with E-state index in [1.165, 1.54) is 10.5 Å². The van der Waals surface area contributed by atoms with Gasteiger partial charge in [0.2, 0.25) is 5.91 Å². The molecule has 1 N–H and O–H groups in total. The second kappa shape index (κ2) is 8.08. The molecule has 22 heavy (non-hydrogen) atoms. The first-order valence-electron chi connectivity index (χ1n) is 7.35. The van der Waals surface area contributed by atoms with Crippen LogP contribution in [-0.4, -0.2) is 47.3 Å². The van der Waals surface area contributed by atoms with Crippen LogP contribution in [0.2, 0.25) is 0 Å². The summed E-state index contributed by atoms with van der Waals surface area (Å²) in [4.78, 5) is 24.7. The zero-order valence-corrected chi connectivity index (χ0v) is 13.5. The van der Waals surface area contributed by atoms with Gasteiger partial charge in [0.15, 0.2) is 0 Å². The fourth-order valence-corrected chi connectivity index (χ4v) is 3.43. The number of aliphatic carboxylic acids is 1. The highest BCUT2D eigenvalue weighted by Crippen LogP contribution is 2.21. The molecule has 1 amide bonds. The number of ether oxygens (including phenoxy) is 1. The molecule has 1 aromatic carbocycles. The van der Waals surface area contributed by atoms with Crippen molar-refractivity contribution >= 4 is 23.6 Å². The van der Waals surface area contributed by atoms with Crippen LogP contribution in [-0.2, 0) is 15.3 Å². The smallest absolute Gasteiger partial charge is 0.326 e. The number of nitrogens with zero attached hydrogens (tertiary/aromatic N) is 1. The molecule has 0 spiro atoms. The molecule has 0 saturated carbocycles. The van der Waals surface area contributed by atoms with Crippen LogP contribution in [0.4, 0.5) is 0 Å². The molecule has 1 aliphatic heterocycles. The summed E-state index contributed by atoms with van der Waals surface area (Å²) in [6.45, 7) is 0.568. The molecule has 0 aromatic heterocycles. The highest BCUT2D eigenvalue weighted by atomic mass is 32.2. The van der Waals surface area contributed by atoms with Crippen LogP contribution in [0.5, 0.6) is 5.75 Å². The molecule has 2 rings (SSSR count). The molecule has 6 heteroatoms. The van der Waals surface area contributed by atoms with Crippen molar-refractivity contribution in [2.24, 2.45) is 0 Å². The van der Waals surface area contributed by atoms with Crippen LogP contribution in [0.25, 0.3) is 0 Å². The van der Waals surface area contributed by atoms with E-state index in [4.69, 9.17) is 9.84 Å². The maximum atomic E-state index is 12.1. The molecule has 1 heterocycles. The average molecular weight is 323 g/mol. The van der Waals surface area contributed by atoms with Gasteiger partial charge in [0, 0.05) is 24.5 Å². The normalized spacial score (nSPS) is 17.5. The summed E-state index contributed by atoms with van der Waals surface area (Å²) in [6.07, 6.45) is 1.74. The molecule has 1 aliphatic rings. The zero-order chi connectivity index (χ0) is 15.9. The van der Waals surface area contributed by atoms with Gasteiger partial charge in [0.25, 0.3) is 0 Å². The number of hydrogen-bond donors (Lipinski definition) is 1. The lowest BCUT2D eigenvalue weighted by Crippen LogP contribution is -2.40. The minimum absolute atomic E-state index is 0.0490. The Labute approximate surface area is 134 Å². The average Bonchev–Trinajstić information content (AvgIpc) is 3.02. The zero-order valence-electron chi connectivity index (χ0n) is 12.7. The lowest BCUT2D eigenvalue weighted by atomic mass is 10.2. The standard InChI is InChI=1S/C16H21NO4S/c1-21-13-6-4-12(5-7-13)11-22-10-8-15(18)17-9-2-3-14(17)16(19)20/h4-7,14H,2-3,8-11H2,1H3,(H,19,20)/t14-/m0/s1. The number of rotatable bonds is 7. The predicted octanol–water partition coefficient (Wildman–Crippen LogP) is 2.39. The van der Waals surface area contributed by atoms with Crippen molar-refractivity contribution in [3.05, 3.63) is 29.8 Å². The Morgan fingerprint density at radius 2 is 2.09 bits per heavy atom.